The van der Waals surface area contributed by atoms with Crippen LogP contribution in [-0.4, -0.2) is 24.9 Å². The number of benzene rings is 1. The van der Waals surface area contributed by atoms with Crippen LogP contribution in [0.2, 0.25) is 0 Å². The lowest BCUT2D eigenvalue weighted by atomic mass is 10.1. The van der Waals surface area contributed by atoms with Crippen molar-refractivity contribution in [1.82, 2.24) is 0 Å². The molecule has 0 radical (unpaired) electrons. The molecule has 1 rings (SSSR count). The van der Waals surface area contributed by atoms with Crippen LogP contribution in [0.1, 0.15) is 98.8 Å². The van der Waals surface area contributed by atoms with Crippen LogP contribution >= 0.6 is 0 Å². The topological polar surface area (TPSA) is 107 Å². The van der Waals surface area contributed by atoms with Gasteiger partial charge in [-0.25, -0.2) is 9.59 Å². The normalized spacial score (nSPS) is 11.8. The van der Waals surface area contributed by atoms with Crippen LogP contribution in [0, 0.1) is 0 Å². The molecular weight excluding hydrogens is 432 g/mol. The Morgan fingerprint density at radius 2 is 1.38 bits per heavy atom. The number of esters is 2. The molecule has 0 atom stereocenters. The van der Waals surface area contributed by atoms with Gasteiger partial charge in [-0.2, -0.15) is 8.42 Å². The summed E-state index contributed by atoms with van der Waals surface area (Å²) in [6.07, 6.45) is 15.7. The maximum absolute atomic E-state index is 12.6. The molecule has 1 aromatic carbocycles. The van der Waals surface area contributed by atoms with E-state index in [0.29, 0.717) is 6.42 Å². The summed E-state index contributed by atoms with van der Waals surface area (Å²) in [4.78, 5) is 24.3. The molecule has 0 saturated carbocycles. The van der Waals surface area contributed by atoms with E-state index < -0.39 is 32.5 Å². The van der Waals surface area contributed by atoms with Gasteiger partial charge in [-0.15, -0.1) is 0 Å². The van der Waals surface area contributed by atoms with Crippen LogP contribution in [0.15, 0.2) is 47.8 Å². The fraction of sp³-hybridized carbons (Fsp3) is 0.500. The van der Waals surface area contributed by atoms with E-state index in [4.69, 9.17) is 9.47 Å². The molecule has 1 aromatic rings. The van der Waals surface area contributed by atoms with Gasteiger partial charge in [0.2, 0.25) is 0 Å². The van der Waals surface area contributed by atoms with E-state index in [1.54, 1.807) is 12.2 Å². The second kappa shape index (κ2) is 15.4. The molecule has 0 aliphatic carbocycles. The first-order valence-electron chi connectivity index (χ1n) is 11.1. The van der Waals surface area contributed by atoms with Gasteiger partial charge in [-0.05, 0) is 50.0 Å². The average Bonchev–Trinajstić information content (AvgIpc) is 2.76. The van der Waals surface area contributed by atoms with Crippen molar-refractivity contribution >= 4 is 22.1 Å². The molecule has 0 spiro atoms. The molecule has 0 saturated heterocycles. The molecule has 1 N–H and O–H groups in total. The van der Waals surface area contributed by atoms with Crippen LogP contribution in [0.3, 0.4) is 0 Å². The summed E-state index contributed by atoms with van der Waals surface area (Å²) in [5.41, 5.74) is -0.871. The molecule has 0 bridgehead atoms. The Kier molecular flexibility index (Phi) is 13.2. The number of carbonyl (C=O) groups is 2. The molecule has 0 aliphatic heterocycles. The SMILES string of the molecule is CCCCCC/C=C/OC(=O)c1cccc(S(=O)(=O)O)c1C(=O)O/C=C/CCCCCC. The van der Waals surface area contributed by atoms with Crippen LogP contribution in [0.5, 0.6) is 0 Å². The van der Waals surface area contributed by atoms with Gasteiger partial charge in [0.1, 0.15) is 4.90 Å². The van der Waals surface area contributed by atoms with Crippen LogP contribution in [0.25, 0.3) is 0 Å². The zero-order chi connectivity index (χ0) is 23.8. The van der Waals surface area contributed by atoms with Crippen LogP contribution in [0.4, 0.5) is 0 Å². The highest BCUT2D eigenvalue weighted by molar-refractivity contribution is 7.86. The summed E-state index contributed by atoms with van der Waals surface area (Å²) in [5.74, 6) is -1.99. The van der Waals surface area contributed by atoms with Crippen LogP contribution in [-0.2, 0) is 19.6 Å². The highest BCUT2D eigenvalue weighted by Gasteiger charge is 2.28. The summed E-state index contributed by atoms with van der Waals surface area (Å²) in [5, 5.41) is 0. The molecule has 0 amide bonds. The molecule has 0 fully saturated rings. The molecule has 0 aliphatic rings. The Balaban J connectivity index is 2.91. The third kappa shape index (κ3) is 10.2. The lowest BCUT2D eigenvalue weighted by Crippen LogP contribution is -2.16. The second-order valence-electron chi connectivity index (χ2n) is 7.41. The number of hydrogen-bond acceptors (Lipinski definition) is 6. The van der Waals surface area contributed by atoms with E-state index in [-0.39, 0.29) is 5.56 Å². The lowest BCUT2D eigenvalue weighted by Gasteiger charge is -2.10. The number of rotatable bonds is 15. The first kappa shape index (κ1) is 27.6. The minimum atomic E-state index is -4.77. The Bertz CT molecular complexity index is 886. The van der Waals surface area contributed by atoms with Crippen molar-refractivity contribution in [3.63, 3.8) is 0 Å². The Morgan fingerprint density at radius 3 is 1.88 bits per heavy atom. The van der Waals surface area contributed by atoms with Gasteiger partial charge in [-0.1, -0.05) is 58.4 Å². The fourth-order valence-electron chi connectivity index (χ4n) is 2.98. The minimum Gasteiger partial charge on any atom is -0.431 e. The lowest BCUT2D eigenvalue weighted by molar-refractivity contribution is 0.0614. The number of ether oxygens (including phenoxy) is 2. The molecule has 7 nitrogen and oxygen atoms in total. The molecule has 8 heteroatoms. The summed E-state index contributed by atoms with van der Waals surface area (Å²) in [6, 6.07) is 3.52. The smallest absolute Gasteiger partial charge is 0.345 e. The van der Waals surface area contributed by atoms with Crippen molar-refractivity contribution < 1.29 is 32.0 Å². The van der Waals surface area contributed by atoms with Gasteiger partial charge in [0.15, 0.2) is 0 Å². The third-order valence-corrected chi connectivity index (χ3v) is 5.62. The maximum atomic E-state index is 12.6. The molecular formula is C24H34O7S. The molecule has 0 aromatic heterocycles. The molecule has 178 valence electrons. The second-order valence-corrected chi connectivity index (χ2v) is 8.80. The Hall–Kier alpha value is -2.45. The van der Waals surface area contributed by atoms with E-state index in [2.05, 4.69) is 13.8 Å². The van der Waals surface area contributed by atoms with Crippen LogP contribution < -0.4 is 0 Å². The van der Waals surface area contributed by atoms with Gasteiger partial charge in [0.05, 0.1) is 23.7 Å². The average molecular weight is 467 g/mol. The monoisotopic (exact) mass is 466 g/mol. The fourth-order valence-corrected chi connectivity index (χ4v) is 3.68. The largest absolute Gasteiger partial charge is 0.431 e. The zero-order valence-electron chi connectivity index (χ0n) is 18.9. The highest BCUT2D eigenvalue weighted by Crippen LogP contribution is 2.22. The van der Waals surface area contributed by atoms with Gasteiger partial charge < -0.3 is 9.47 Å². The summed E-state index contributed by atoms with van der Waals surface area (Å²) in [6.45, 7) is 4.22. The minimum absolute atomic E-state index is 0.308. The van der Waals surface area contributed by atoms with Crippen molar-refractivity contribution in [2.75, 3.05) is 0 Å². The van der Waals surface area contributed by atoms with Gasteiger partial charge >= 0.3 is 11.9 Å². The number of allylic oxidation sites excluding steroid dienone is 2. The van der Waals surface area contributed by atoms with Crippen molar-refractivity contribution in [3.8, 4) is 0 Å². The predicted octanol–water partition coefficient (Wildman–Crippen LogP) is 6.22. The summed E-state index contributed by atoms with van der Waals surface area (Å²) < 4.78 is 43.1. The predicted molar refractivity (Wildman–Crippen MR) is 123 cm³/mol. The van der Waals surface area contributed by atoms with Crippen molar-refractivity contribution in [2.24, 2.45) is 0 Å². The zero-order valence-corrected chi connectivity index (χ0v) is 19.7. The van der Waals surface area contributed by atoms with Gasteiger partial charge in [0, 0.05) is 0 Å². The third-order valence-electron chi connectivity index (χ3n) is 4.72. The van der Waals surface area contributed by atoms with E-state index in [0.717, 1.165) is 63.9 Å². The highest BCUT2D eigenvalue weighted by atomic mass is 32.2. The molecule has 32 heavy (non-hydrogen) atoms. The van der Waals surface area contributed by atoms with Crippen molar-refractivity contribution in [3.05, 3.63) is 54.0 Å². The standard InChI is InChI=1S/C24H34O7S/c1-3-5-7-9-11-13-18-30-23(25)20-16-15-17-21(32(27,28)29)22(20)24(26)31-19-14-12-10-8-6-4-2/h13-19H,3-12H2,1-2H3,(H,27,28,29)/b18-13+,19-14+. The van der Waals surface area contributed by atoms with E-state index in [9.17, 15) is 22.6 Å². The first-order valence-corrected chi connectivity index (χ1v) is 12.6. The van der Waals surface area contributed by atoms with Crippen molar-refractivity contribution in [1.29, 1.82) is 0 Å². The molecule has 0 heterocycles. The quantitative estimate of drug-likeness (QED) is 0.142. The number of unbranched alkanes of at least 4 members (excludes halogenated alkanes) is 8. The van der Waals surface area contributed by atoms with Gasteiger partial charge in [-0.3, -0.25) is 4.55 Å². The number of hydrogen-bond donors (Lipinski definition) is 1. The Labute approximate surface area is 191 Å². The number of carbonyl (C=O) groups excluding carboxylic acids is 2. The van der Waals surface area contributed by atoms with E-state index in [1.165, 1.54) is 24.7 Å². The van der Waals surface area contributed by atoms with E-state index in [1.807, 2.05) is 0 Å². The summed E-state index contributed by atoms with van der Waals surface area (Å²) >= 11 is 0. The molecule has 0 unspecified atom stereocenters. The van der Waals surface area contributed by atoms with E-state index >= 15 is 0 Å². The van der Waals surface area contributed by atoms with Crippen molar-refractivity contribution in [2.45, 2.75) is 83.0 Å². The summed E-state index contributed by atoms with van der Waals surface area (Å²) in [7, 11) is -4.77. The first-order chi connectivity index (χ1) is 15.3. The Morgan fingerprint density at radius 1 is 0.844 bits per heavy atom. The van der Waals surface area contributed by atoms with Gasteiger partial charge in [0.25, 0.3) is 10.1 Å². The maximum Gasteiger partial charge on any atom is 0.345 e.